The number of aromatic nitrogens is 1. The quantitative estimate of drug-likeness (QED) is 0.148. The van der Waals surface area contributed by atoms with Gasteiger partial charge in [-0.15, -0.1) is 11.3 Å². The molecule has 13 aromatic rings. The van der Waals surface area contributed by atoms with Crippen molar-refractivity contribution in [2.45, 2.75) is 0 Å². The fourth-order valence-electron chi connectivity index (χ4n) is 10.3. The Bertz CT molecular complexity index is 3930. The Balaban J connectivity index is 0.928. The SMILES string of the molecule is c1cc(-c2ccc(-c3cccc4ccccc34)cc2)cc(N(c2ccc(-c3cccc(-n4c5ccccc5c5ccccc54)c3)cc2)c2ccccc2-c2cccc3c2sc2ccccc23)c1. The van der Waals surface area contributed by atoms with E-state index in [2.05, 4.69) is 264 Å². The molecule has 0 aliphatic rings. The molecule has 13 rings (SSSR count). The summed E-state index contributed by atoms with van der Waals surface area (Å²) in [5.74, 6) is 0. The van der Waals surface area contributed by atoms with E-state index in [1.54, 1.807) is 0 Å². The summed E-state index contributed by atoms with van der Waals surface area (Å²) in [7, 11) is 0. The van der Waals surface area contributed by atoms with Crippen LogP contribution in [0.2, 0.25) is 0 Å². The second kappa shape index (κ2) is 16.2. The minimum atomic E-state index is 1.08. The van der Waals surface area contributed by atoms with E-state index in [4.69, 9.17) is 0 Å². The molecular weight excluding hydrogens is 829 g/mol. The Labute approximate surface area is 393 Å². The van der Waals surface area contributed by atoms with Gasteiger partial charge in [-0.3, -0.25) is 0 Å². The summed E-state index contributed by atoms with van der Waals surface area (Å²) in [6.45, 7) is 0. The van der Waals surface area contributed by atoms with Gasteiger partial charge in [0.05, 0.1) is 16.7 Å². The first-order valence-electron chi connectivity index (χ1n) is 22.9. The van der Waals surface area contributed by atoms with E-state index in [-0.39, 0.29) is 0 Å². The average molecular weight is 871 g/mol. The van der Waals surface area contributed by atoms with Crippen molar-refractivity contribution < 1.29 is 0 Å². The topological polar surface area (TPSA) is 8.17 Å². The standard InChI is InChI=1S/C64H42N2S/c1-2-21-52-45(15-1)16-13-26-53(52)46-35-33-43(34-36-46)47-17-11-19-50(41-47)65(60-29-7-5-24-56(60)58-27-14-28-59-57-25-6-10-32-63(57)67-64(58)59)49-39-37-44(38-40-49)48-18-12-20-51(42-48)66-61-30-8-3-22-54(61)55-23-4-9-31-62(55)66/h1-42H. The van der Waals surface area contributed by atoms with Crippen LogP contribution in [0.5, 0.6) is 0 Å². The third kappa shape index (κ3) is 6.71. The van der Waals surface area contributed by atoms with Crippen LogP contribution in [-0.2, 0) is 0 Å². The van der Waals surface area contributed by atoms with Crippen molar-refractivity contribution in [2.24, 2.45) is 0 Å². The molecule has 314 valence electrons. The first kappa shape index (κ1) is 38.9. The van der Waals surface area contributed by atoms with Crippen molar-refractivity contribution in [1.29, 1.82) is 0 Å². The zero-order chi connectivity index (χ0) is 44.3. The molecule has 2 aromatic heterocycles. The number of rotatable bonds is 8. The largest absolute Gasteiger partial charge is 0.310 e. The van der Waals surface area contributed by atoms with E-state index < -0.39 is 0 Å². The summed E-state index contributed by atoms with van der Waals surface area (Å²) in [6, 6.07) is 93.1. The van der Waals surface area contributed by atoms with Gasteiger partial charge in [-0.25, -0.2) is 0 Å². The maximum atomic E-state index is 2.44. The maximum absolute atomic E-state index is 2.44. The van der Waals surface area contributed by atoms with Crippen LogP contribution in [0.1, 0.15) is 0 Å². The van der Waals surface area contributed by atoms with Crippen molar-refractivity contribution in [3.63, 3.8) is 0 Å². The Morgan fingerprint density at radius 1 is 0.313 bits per heavy atom. The fraction of sp³-hybridized carbons (Fsp3) is 0. The first-order valence-corrected chi connectivity index (χ1v) is 23.7. The van der Waals surface area contributed by atoms with Crippen molar-refractivity contribution in [3.8, 4) is 50.2 Å². The summed E-state index contributed by atoms with van der Waals surface area (Å²) in [5.41, 5.74) is 16.4. The molecule has 2 heterocycles. The molecule has 0 amide bonds. The lowest BCUT2D eigenvalue weighted by molar-refractivity contribution is 1.18. The predicted molar refractivity (Wildman–Crippen MR) is 288 cm³/mol. The van der Waals surface area contributed by atoms with E-state index in [1.807, 2.05) is 11.3 Å². The zero-order valence-corrected chi connectivity index (χ0v) is 37.4. The van der Waals surface area contributed by atoms with E-state index >= 15 is 0 Å². The molecule has 0 bridgehead atoms. The third-order valence-corrected chi connectivity index (χ3v) is 14.6. The van der Waals surface area contributed by atoms with Crippen LogP contribution < -0.4 is 4.90 Å². The predicted octanol–water partition coefficient (Wildman–Crippen LogP) is 18.4. The van der Waals surface area contributed by atoms with Crippen LogP contribution in [0.25, 0.3) is 103 Å². The summed E-state index contributed by atoms with van der Waals surface area (Å²) in [4.78, 5) is 2.44. The van der Waals surface area contributed by atoms with E-state index in [0.29, 0.717) is 0 Å². The van der Waals surface area contributed by atoms with Crippen molar-refractivity contribution >= 4 is 81.1 Å². The van der Waals surface area contributed by atoms with Crippen molar-refractivity contribution in [3.05, 3.63) is 255 Å². The molecule has 0 aliphatic heterocycles. The number of nitrogens with zero attached hydrogens (tertiary/aromatic N) is 2. The van der Waals surface area contributed by atoms with Gasteiger partial charge < -0.3 is 9.47 Å². The molecule has 0 fully saturated rings. The van der Waals surface area contributed by atoms with E-state index in [0.717, 1.165) is 33.9 Å². The van der Waals surface area contributed by atoms with Gasteiger partial charge in [-0.1, -0.05) is 194 Å². The molecule has 0 N–H and O–H groups in total. The van der Waals surface area contributed by atoms with Gasteiger partial charge in [0.25, 0.3) is 0 Å². The van der Waals surface area contributed by atoms with Gasteiger partial charge in [0.15, 0.2) is 0 Å². The van der Waals surface area contributed by atoms with Crippen LogP contribution in [0.3, 0.4) is 0 Å². The van der Waals surface area contributed by atoms with E-state index in [9.17, 15) is 0 Å². The van der Waals surface area contributed by atoms with Gasteiger partial charge in [0.1, 0.15) is 0 Å². The Kier molecular flexibility index (Phi) is 9.40. The highest BCUT2D eigenvalue weighted by atomic mass is 32.1. The highest BCUT2D eigenvalue weighted by Gasteiger charge is 2.21. The molecule has 0 unspecified atom stereocenters. The van der Waals surface area contributed by atoms with Crippen LogP contribution in [-0.4, -0.2) is 4.57 Å². The average Bonchev–Trinajstić information content (AvgIpc) is 3.95. The molecular formula is C64H42N2S. The van der Waals surface area contributed by atoms with Crippen LogP contribution >= 0.6 is 11.3 Å². The monoisotopic (exact) mass is 870 g/mol. The van der Waals surface area contributed by atoms with Crippen molar-refractivity contribution in [2.75, 3.05) is 4.90 Å². The number of hydrogen-bond donors (Lipinski definition) is 0. The number of hydrogen-bond acceptors (Lipinski definition) is 2. The lowest BCUT2D eigenvalue weighted by atomic mass is 9.96. The summed E-state index contributed by atoms with van der Waals surface area (Å²) in [5, 5.41) is 7.64. The number of thiophene rings is 1. The summed E-state index contributed by atoms with van der Waals surface area (Å²) in [6.07, 6.45) is 0. The minimum Gasteiger partial charge on any atom is -0.310 e. The molecule has 0 atom stereocenters. The first-order chi connectivity index (χ1) is 33.2. The molecule has 3 heteroatoms. The summed E-state index contributed by atoms with van der Waals surface area (Å²) >= 11 is 1.88. The molecule has 67 heavy (non-hydrogen) atoms. The number of fused-ring (bicyclic) bond motifs is 7. The van der Waals surface area contributed by atoms with Gasteiger partial charge in [-0.2, -0.15) is 0 Å². The van der Waals surface area contributed by atoms with Crippen molar-refractivity contribution in [1.82, 2.24) is 4.57 Å². The Morgan fingerprint density at radius 2 is 0.851 bits per heavy atom. The Morgan fingerprint density at radius 3 is 1.64 bits per heavy atom. The number of anilines is 3. The fourth-order valence-corrected chi connectivity index (χ4v) is 11.5. The number of para-hydroxylation sites is 3. The molecule has 0 saturated heterocycles. The van der Waals surface area contributed by atoms with E-state index in [1.165, 1.54) is 86.1 Å². The zero-order valence-electron chi connectivity index (χ0n) is 36.6. The molecule has 2 nitrogen and oxygen atoms in total. The second-order valence-corrected chi connectivity index (χ2v) is 18.3. The molecule has 0 aliphatic carbocycles. The lowest BCUT2D eigenvalue weighted by Gasteiger charge is -2.28. The molecule has 0 spiro atoms. The maximum Gasteiger partial charge on any atom is 0.0541 e. The molecule has 11 aromatic carbocycles. The number of benzene rings is 11. The second-order valence-electron chi connectivity index (χ2n) is 17.3. The highest BCUT2D eigenvalue weighted by molar-refractivity contribution is 7.26. The van der Waals surface area contributed by atoms with Gasteiger partial charge >= 0.3 is 0 Å². The normalized spacial score (nSPS) is 11.6. The summed E-state index contributed by atoms with van der Waals surface area (Å²) < 4.78 is 4.99. The molecule has 0 radical (unpaired) electrons. The van der Waals surface area contributed by atoms with Crippen LogP contribution in [0.15, 0.2) is 255 Å². The van der Waals surface area contributed by atoms with Crippen LogP contribution in [0.4, 0.5) is 17.1 Å². The van der Waals surface area contributed by atoms with Crippen LogP contribution in [0, 0.1) is 0 Å². The molecule has 0 saturated carbocycles. The van der Waals surface area contributed by atoms with Gasteiger partial charge in [-0.05, 0) is 105 Å². The minimum absolute atomic E-state index is 1.08. The lowest BCUT2D eigenvalue weighted by Crippen LogP contribution is -2.11. The van der Waals surface area contributed by atoms with Gasteiger partial charge in [0.2, 0.25) is 0 Å². The van der Waals surface area contributed by atoms with Gasteiger partial charge in [0, 0.05) is 59.1 Å². The highest BCUT2D eigenvalue weighted by Crippen LogP contribution is 2.47. The smallest absolute Gasteiger partial charge is 0.0541 e. The third-order valence-electron chi connectivity index (χ3n) is 13.4. The Hall–Kier alpha value is -8.50.